The van der Waals surface area contributed by atoms with Gasteiger partial charge >= 0.3 is 0 Å². The van der Waals surface area contributed by atoms with E-state index in [0.717, 1.165) is 70.8 Å². The standard InChI is InChI=1S/C28H30N8O/c1-3-7-19(8-4-1)37-20-15-18(16-29-17-20)21-9-10-22-24(31-21)26(35-34-22)28-32-25-23(11-12-30-27(25)33-28)36-13-5-2-6-14-36/h9-12,15-17,19H,1-8,13-14H2,(H,34,35)(H,30,32,33). The normalized spacial score (nSPS) is 17.0. The number of H-pyrrole nitrogens is 2. The van der Waals surface area contributed by atoms with E-state index >= 15 is 0 Å². The number of hydrogen-bond donors (Lipinski definition) is 2. The van der Waals surface area contributed by atoms with Crippen molar-refractivity contribution in [2.75, 3.05) is 18.0 Å². The largest absolute Gasteiger partial charge is 0.489 e. The maximum absolute atomic E-state index is 6.24. The molecule has 0 spiro atoms. The topological polar surface area (TPSA) is 109 Å². The molecule has 0 aromatic carbocycles. The molecule has 6 heterocycles. The van der Waals surface area contributed by atoms with Crippen molar-refractivity contribution in [1.82, 2.24) is 35.1 Å². The molecule has 9 nitrogen and oxygen atoms in total. The summed E-state index contributed by atoms with van der Waals surface area (Å²) in [5, 5.41) is 7.68. The van der Waals surface area contributed by atoms with E-state index in [0.29, 0.717) is 11.5 Å². The molecule has 37 heavy (non-hydrogen) atoms. The molecule has 1 saturated heterocycles. The molecule has 0 amide bonds. The number of anilines is 1. The van der Waals surface area contributed by atoms with Crippen molar-refractivity contribution in [3.8, 4) is 28.5 Å². The highest BCUT2D eigenvalue weighted by Gasteiger charge is 2.20. The summed E-state index contributed by atoms with van der Waals surface area (Å²) in [7, 11) is 0. The minimum absolute atomic E-state index is 0.276. The fourth-order valence-corrected chi connectivity index (χ4v) is 5.62. The first kappa shape index (κ1) is 22.2. The molecular weight excluding hydrogens is 464 g/mol. The highest BCUT2D eigenvalue weighted by Crippen LogP contribution is 2.32. The Bertz CT molecular complexity index is 1540. The van der Waals surface area contributed by atoms with Gasteiger partial charge in [0.05, 0.1) is 29.2 Å². The van der Waals surface area contributed by atoms with Gasteiger partial charge in [-0.1, -0.05) is 6.42 Å². The van der Waals surface area contributed by atoms with Gasteiger partial charge in [-0.2, -0.15) is 5.10 Å². The van der Waals surface area contributed by atoms with Crippen LogP contribution >= 0.6 is 0 Å². The van der Waals surface area contributed by atoms with Gasteiger partial charge in [0.2, 0.25) is 0 Å². The Morgan fingerprint density at radius 2 is 1.76 bits per heavy atom. The Hall–Kier alpha value is -4.01. The third-order valence-electron chi connectivity index (χ3n) is 7.56. The zero-order valence-electron chi connectivity index (χ0n) is 20.8. The first-order valence-corrected chi connectivity index (χ1v) is 13.4. The van der Waals surface area contributed by atoms with Crippen molar-refractivity contribution < 1.29 is 4.74 Å². The number of pyridine rings is 3. The van der Waals surface area contributed by atoms with E-state index in [1.807, 2.05) is 30.6 Å². The molecule has 1 aliphatic carbocycles. The monoisotopic (exact) mass is 494 g/mol. The van der Waals surface area contributed by atoms with Crippen LogP contribution in [0.5, 0.6) is 5.75 Å². The number of imidazole rings is 1. The van der Waals surface area contributed by atoms with Crippen molar-refractivity contribution in [2.24, 2.45) is 0 Å². The smallest absolute Gasteiger partial charge is 0.162 e. The maximum atomic E-state index is 6.24. The van der Waals surface area contributed by atoms with E-state index in [2.05, 4.69) is 36.1 Å². The number of aromatic amines is 2. The van der Waals surface area contributed by atoms with Gasteiger partial charge in [-0.15, -0.1) is 0 Å². The first-order chi connectivity index (χ1) is 18.3. The summed E-state index contributed by atoms with van der Waals surface area (Å²) >= 11 is 0. The molecule has 1 saturated carbocycles. The summed E-state index contributed by atoms with van der Waals surface area (Å²) in [4.78, 5) is 24.7. The third kappa shape index (κ3) is 4.28. The molecule has 5 aromatic heterocycles. The van der Waals surface area contributed by atoms with E-state index < -0.39 is 0 Å². The average Bonchev–Trinajstić information content (AvgIpc) is 3.58. The van der Waals surface area contributed by atoms with Crippen LogP contribution in [-0.2, 0) is 0 Å². The lowest BCUT2D eigenvalue weighted by atomic mass is 9.98. The van der Waals surface area contributed by atoms with Gasteiger partial charge in [-0.05, 0) is 69.2 Å². The lowest BCUT2D eigenvalue weighted by Gasteiger charge is -2.28. The lowest BCUT2D eigenvalue weighted by molar-refractivity contribution is 0.154. The van der Waals surface area contributed by atoms with Gasteiger partial charge in [0, 0.05) is 31.0 Å². The highest BCUT2D eigenvalue weighted by atomic mass is 16.5. The molecule has 5 aromatic rings. The fraction of sp³-hybridized carbons (Fsp3) is 0.393. The summed E-state index contributed by atoms with van der Waals surface area (Å²) in [5.74, 6) is 1.46. The van der Waals surface area contributed by atoms with E-state index in [1.165, 1.54) is 38.5 Å². The van der Waals surface area contributed by atoms with E-state index in [9.17, 15) is 0 Å². The predicted octanol–water partition coefficient (Wildman–Crippen LogP) is 5.66. The Labute approximate surface area is 214 Å². The molecule has 2 N–H and O–H groups in total. The molecular formula is C28H30N8O. The van der Waals surface area contributed by atoms with Crippen LogP contribution in [-0.4, -0.2) is 54.3 Å². The van der Waals surface area contributed by atoms with Gasteiger partial charge < -0.3 is 14.6 Å². The zero-order valence-corrected chi connectivity index (χ0v) is 20.8. The second kappa shape index (κ2) is 9.46. The number of fused-ring (bicyclic) bond motifs is 2. The number of aromatic nitrogens is 7. The van der Waals surface area contributed by atoms with Gasteiger partial charge in [-0.25, -0.2) is 15.0 Å². The fourth-order valence-electron chi connectivity index (χ4n) is 5.62. The number of nitrogens with zero attached hydrogens (tertiary/aromatic N) is 6. The molecule has 0 radical (unpaired) electrons. The maximum Gasteiger partial charge on any atom is 0.162 e. The van der Waals surface area contributed by atoms with Crippen LogP contribution in [0.1, 0.15) is 51.4 Å². The lowest BCUT2D eigenvalue weighted by Crippen LogP contribution is -2.29. The van der Waals surface area contributed by atoms with E-state index in [-0.39, 0.29) is 6.10 Å². The molecule has 9 heteroatoms. The molecule has 2 aliphatic rings. The summed E-state index contributed by atoms with van der Waals surface area (Å²) in [5.41, 5.74) is 6.80. The van der Waals surface area contributed by atoms with E-state index in [4.69, 9.17) is 14.7 Å². The van der Waals surface area contributed by atoms with Gasteiger partial charge in [-0.3, -0.25) is 10.1 Å². The highest BCUT2D eigenvalue weighted by molar-refractivity contribution is 5.93. The number of hydrogen-bond acceptors (Lipinski definition) is 7. The van der Waals surface area contributed by atoms with Crippen LogP contribution < -0.4 is 9.64 Å². The van der Waals surface area contributed by atoms with Gasteiger partial charge in [0.15, 0.2) is 17.2 Å². The molecule has 2 fully saturated rings. The Morgan fingerprint density at radius 1 is 0.892 bits per heavy atom. The molecule has 188 valence electrons. The van der Waals surface area contributed by atoms with Gasteiger partial charge in [0.25, 0.3) is 0 Å². The van der Waals surface area contributed by atoms with E-state index in [1.54, 1.807) is 6.20 Å². The number of nitrogens with one attached hydrogen (secondary N) is 2. The zero-order chi connectivity index (χ0) is 24.6. The average molecular weight is 495 g/mol. The second-order valence-corrected chi connectivity index (χ2v) is 10.1. The van der Waals surface area contributed by atoms with Crippen molar-refractivity contribution in [3.05, 3.63) is 42.9 Å². The van der Waals surface area contributed by atoms with Crippen LogP contribution in [0, 0.1) is 0 Å². The summed E-state index contributed by atoms with van der Waals surface area (Å²) < 4.78 is 6.24. The van der Waals surface area contributed by atoms with Crippen LogP contribution in [0.25, 0.3) is 45.0 Å². The second-order valence-electron chi connectivity index (χ2n) is 10.1. The van der Waals surface area contributed by atoms with Crippen LogP contribution in [0.15, 0.2) is 42.9 Å². The van der Waals surface area contributed by atoms with Crippen molar-refractivity contribution in [1.29, 1.82) is 0 Å². The summed E-state index contributed by atoms with van der Waals surface area (Å²) in [6.45, 7) is 2.10. The third-order valence-corrected chi connectivity index (χ3v) is 7.56. The first-order valence-electron chi connectivity index (χ1n) is 13.4. The molecule has 1 aliphatic heterocycles. The Kier molecular flexibility index (Phi) is 5.68. The summed E-state index contributed by atoms with van der Waals surface area (Å²) in [6.07, 6.45) is 15.4. The number of piperidine rings is 1. The number of rotatable bonds is 5. The van der Waals surface area contributed by atoms with Crippen molar-refractivity contribution >= 4 is 27.9 Å². The Morgan fingerprint density at radius 3 is 2.65 bits per heavy atom. The summed E-state index contributed by atoms with van der Waals surface area (Å²) in [6, 6.07) is 8.08. The van der Waals surface area contributed by atoms with Crippen LogP contribution in [0.4, 0.5) is 5.69 Å². The SMILES string of the molecule is c1cc(N2CCCCC2)c2nc(-c3n[nH]c4ccc(-c5cncc(OC6CCCCC6)c5)nc34)[nH]c2n1. The minimum Gasteiger partial charge on any atom is -0.489 e. The molecule has 7 rings (SSSR count). The molecule has 0 atom stereocenters. The van der Waals surface area contributed by atoms with Crippen LogP contribution in [0.2, 0.25) is 0 Å². The minimum atomic E-state index is 0.276. The van der Waals surface area contributed by atoms with Gasteiger partial charge in [0.1, 0.15) is 16.8 Å². The quantitative estimate of drug-likeness (QED) is 0.324. The van der Waals surface area contributed by atoms with Crippen molar-refractivity contribution in [2.45, 2.75) is 57.5 Å². The predicted molar refractivity (Wildman–Crippen MR) is 144 cm³/mol. The van der Waals surface area contributed by atoms with Crippen LogP contribution in [0.3, 0.4) is 0 Å². The molecule has 0 bridgehead atoms. The molecule has 0 unspecified atom stereocenters. The number of ether oxygens (including phenoxy) is 1. The van der Waals surface area contributed by atoms with Crippen molar-refractivity contribution in [3.63, 3.8) is 0 Å². The Balaban J connectivity index is 1.23.